The van der Waals surface area contributed by atoms with E-state index in [1.54, 1.807) is 0 Å². The number of aromatic nitrogens is 2. The Labute approximate surface area is 159 Å². The Morgan fingerprint density at radius 2 is 1.74 bits per heavy atom. The van der Waals surface area contributed by atoms with E-state index in [2.05, 4.69) is 15.5 Å². The van der Waals surface area contributed by atoms with E-state index in [-0.39, 0.29) is 42.0 Å². The van der Waals surface area contributed by atoms with E-state index in [1.807, 2.05) is 42.5 Å². The van der Waals surface area contributed by atoms with Crippen LogP contribution in [0.15, 0.2) is 42.5 Å². The number of anilines is 1. The van der Waals surface area contributed by atoms with Gasteiger partial charge in [0, 0.05) is 5.56 Å². The Bertz CT molecular complexity index is 940. The molecule has 2 aliphatic carbocycles. The quantitative estimate of drug-likeness (QED) is 0.647. The Kier molecular flexibility index (Phi) is 3.68. The van der Waals surface area contributed by atoms with Crippen LogP contribution in [0.25, 0.3) is 10.6 Å². The fourth-order valence-corrected chi connectivity index (χ4v) is 5.16. The molecule has 2 heterocycles. The lowest BCUT2D eigenvalue weighted by atomic mass is 9.85. The van der Waals surface area contributed by atoms with Crippen molar-refractivity contribution in [2.45, 2.75) is 6.42 Å². The Hall–Kier alpha value is -2.87. The molecule has 1 aliphatic heterocycles. The van der Waals surface area contributed by atoms with Crippen LogP contribution in [0.1, 0.15) is 6.42 Å². The number of allylic oxidation sites excluding steroid dienone is 2. The minimum absolute atomic E-state index is 0.140. The van der Waals surface area contributed by atoms with Crippen LogP contribution in [0.3, 0.4) is 0 Å². The van der Waals surface area contributed by atoms with Crippen molar-refractivity contribution >= 4 is 34.2 Å². The zero-order chi connectivity index (χ0) is 18.5. The molecule has 1 saturated heterocycles. The van der Waals surface area contributed by atoms with Gasteiger partial charge in [-0.05, 0) is 18.3 Å². The van der Waals surface area contributed by atoms with Gasteiger partial charge in [-0.2, -0.15) is 0 Å². The summed E-state index contributed by atoms with van der Waals surface area (Å²) in [6, 6.07) is 9.54. The maximum Gasteiger partial charge on any atom is 0.246 e. The molecule has 2 fully saturated rings. The highest BCUT2D eigenvalue weighted by Crippen LogP contribution is 2.52. The molecule has 27 heavy (non-hydrogen) atoms. The third kappa shape index (κ3) is 2.59. The Balaban J connectivity index is 1.26. The zero-order valence-corrected chi connectivity index (χ0v) is 15.1. The van der Waals surface area contributed by atoms with Crippen molar-refractivity contribution in [3.63, 3.8) is 0 Å². The summed E-state index contributed by atoms with van der Waals surface area (Å²) in [5.74, 6) is -1.17. The molecule has 0 radical (unpaired) electrons. The minimum atomic E-state index is -0.437. The van der Waals surface area contributed by atoms with Crippen LogP contribution < -0.4 is 5.32 Å². The first kappa shape index (κ1) is 16.3. The number of likely N-dealkylation sites (tertiary alicyclic amines) is 1. The number of fused-ring (bicyclic) bond motifs is 5. The fourth-order valence-electron chi connectivity index (χ4n) is 4.39. The molecule has 1 aromatic carbocycles. The predicted octanol–water partition coefficient (Wildman–Crippen LogP) is 1.95. The second-order valence-electron chi connectivity index (χ2n) is 7.09. The Morgan fingerprint density at radius 1 is 1.07 bits per heavy atom. The van der Waals surface area contributed by atoms with Gasteiger partial charge < -0.3 is 0 Å². The van der Waals surface area contributed by atoms with E-state index in [1.165, 1.54) is 11.3 Å². The van der Waals surface area contributed by atoms with Crippen molar-refractivity contribution < 1.29 is 14.4 Å². The molecule has 3 aliphatic rings. The van der Waals surface area contributed by atoms with Gasteiger partial charge in [-0.1, -0.05) is 53.8 Å². The molecule has 1 N–H and O–H groups in total. The van der Waals surface area contributed by atoms with Gasteiger partial charge in [0.1, 0.15) is 11.6 Å². The summed E-state index contributed by atoms with van der Waals surface area (Å²) in [5, 5.41) is 11.7. The van der Waals surface area contributed by atoms with Crippen molar-refractivity contribution in [2.24, 2.45) is 23.7 Å². The average Bonchev–Trinajstić information content (AvgIpc) is 3.44. The molecule has 3 amide bonds. The third-order valence-corrected chi connectivity index (χ3v) is 6.44. The number of imide groups is 1. The monoisotopic (exact) mass is 380 g/mol. The van der Waals surface area contributed by atoms with E-state index >= 15 is 0 Å². The number of nitrogens with one attached hydrogen (secondary N) is 1. The van der Waals surface area contributed by atoms with Gasteiger partial charge in [0.15, 0.2) is 0 Å². The SMILES string of the molecule is O=C(CN1C(=O)C2C3C=CC(C3)C2C1=O)Nc1nnc(-c2ccccc2)s1. The van der Waals surface area contributed by atoms with Crippen molar-refractivity contribution in [3.05, 3.63) is 42.5 Å². The van der Waals surface area contributed by atoms with Crippen molar-refractivity contribution in [1.29, 1.82) is 0 Å². The molecular weight excluding hydrogens is 364 g/mol. The normalized spacial score (nSPS) is 28.1. The maximum absolute atomic E-state index is 12.6. The number of nitrogens with zero attached hydrogens (tertiary/aromatic N) is 3. The van der Waals surface area contributed by atoms with Crippen molar-refractivity contribution in [3.8, 4) is 10.6 Å². The van der Waals surface area contributed by atoms with Gasteiger partial charge in [0.05, 0.1) is 11.8 Å². The predicted molar refractivity (Wildman–Crippen MR) is 98.4 cm³/mol. The summed E-state index contributed by atoms with van der Waals surface area (Å²) in [7, 11) is 0. The van der Waals surface area contributed by atoms with Gasteiger partial charge in [0.25, 0.3) is 0 Å². The zero-order valence-electron chi connectivity index (χ0n) is 14.2. The van der Waals surface area contributed by atoms with E-state index < -0.39 is 5.91 Å². The number of hydrogen-bond acceptors (Lipinski definition) is 6. The average molecular weight is 380 g/mol. The van der Waals surface area contributed by atoms with E-state index in [9.17, 15) is 14.4 Å². The molecule has 2 aromatic rings. The summed E-state index contributed by atoms with van der Waals surface area (Å²) in [6.45, 7) is -0.273. The van der Waals surface area contributed by atoms with Crippen LogP contribution in [-0.2, 0) is 14.4 Å². The van der Waals surface area contributed by atoms with Crippen LogP contribution >= 0.6 is 11.3 Å². The molecular formula is C19H16N4O3S. The summed E-state index contributed by atoms with van der Waals surface area (Å²) >= 11 is 1.25. The molecule has 0 spiro atoms. The van der Waals surface area contributed by atoms with E-state index in [0.717, 1.165) is 16.9 Å². The largest absolute Gasteiger partial charge is 0.299 e. The number of carbonyl (C=O) groups is 3. The first-order chi connectivity index (χ1) is 13.1. The topological polar surface area (TPSA) is 92.3 Å². The molecule has 136 valence electrons. The van der Waals surface area contributed by atoms with Crippen LogP contribution in [0, 0.1) is 23.7 Å². The molecule has 7 nitrogen and oxygen atoms in total. The van der Waals surface area contributed by atoms with Crippen molar-refractivity contribution in [1.82, 2.24) is 15.1 Å². The number of benzene rings is 1. The summed E-state index contributed by atoms with van der Waals surface area (Å²) in [6.07, 6.45) is 4.94. The van der Waals surface area contributed by atoms with Gasteiger partial charge in [-0.15, -0.1) is 10.2 Å². The molecule has 1 aromatic heterocycles. The smallest absolute Gasteiger partial charge is 0.246 e. The highest BCUT2D eigenvalue weighted by Gasteiger charge is 2.59. The van der Waals surface area contributed by atoms with Crippen LogP contribution in [0.5, 0.6) is 0 Å². The van der Waals surface area contributed by atoms with Gasteiger partial charge >= 0.3 is 0 Å². The van der Waals surface area contributed by atoms with Gasteiger partial charge in [-0.25, -0.2) is 0 Å². The Morgan fingerprint density at radius 3 is 2.41 bits per heavy atom. The lowest BCUT2D eigenvalue weighted by Gasteiger charge is -2.16. The van der Waals surface area contributed by atoms with Crippen LogP contribution in [0.2, 0.25) is 0 Å². The summed E-state index contributed by atoms with van der Waals surface area (Å²) in [5.41, 5.74) is 0.913. The maximum atomic E-state index is 12.6. The molecule has 8 heteroatoms. The number of carbonyl (C=O) groups excluding carboxylic acids is 3. The van der Waals surface area contributed by atoms with Crippen molar-refractivity contribution in [2.75, 3.05) is 11.9 Å². The third-order valence-electron chi connectivity index (χ3n) is 5.56. The van der Waals surface area contributed by atoms with E-state index in [0.29, 0.717) is 10.1 Å². The highest BCUT2D eigenvalue weighted by atomic mass is 32.1. The fraction of sp³-hybridized carbons (Fsp3) is 0.316. The number of hydrogen-bond donors (Lipinski definition) is 1. The molecule has 4 atom stereocenters. The van der Waals surface area contributed by atoms with Gasteiger partial charge in [-0.3, -0.25) is 24.6 Å². The first-order valence-corrected chi connectivity index (χ1v) is 9.66. The number of amides is 3. The minimum Gasteiger partial charge on any atom is -0.299 e. The number of rotatable bonds is 4. The lowest BCUT2D eigenvalue weighted by Crippen LogP contribution is -2.39. The van der Waals surface area contributed by atoms with Crippen LogP contribution in [0.4, 0.5) is 5.13 Å². The lowest BCUT2D eigenvalue weighted by molar-refractivity contribution is -0.143. The summed E-state index contributed by atoms with van der Waals surface area (Å²) < 4.78 is 0. The van der Waals surface area contributed by atoms with Crippen LogP contribution in [-0.4, -0.2) is 39.4 Å². The summed E-state index contributed by atoms with van der Waals surface area (Å²) in [4.78, 5) is 38.7. The molecule has 1 saturated carbocycles. The second-order valence-corrected chi connectivity index (χ2v) is 8.07. The van der Waals surface area contributed by atoms with Gasteiger partial charge in [0.2, 0.25) is 22.9 Å². The molecule has 2 bridgehead atoms. The first-order valence-electron chi connectivity index (χ1n) is 8.84. The van der Waals surface area contributed by atoms with E-state index in [4.69, 9.17) is 0 Å². The molecule has 4 unspecified atom stereocenters. The highest BCUT2D eigenvalue weighted by molar-refractivity contribution is 7.18. The second kappa shape index (κ2) is 6.09. The molecule has 5 rings (SSSR count). The standard InChI is InChI=1S/C19H16N4O3S/c24-13(20-19-22-21-16(27-19)10-4-2-1-3-5-10)9-23-17(25)14-11-6-7-12(8-11)15(14)18(23)26/h1-7,11-12,14-15H,8-9H2,(H,20,22,24).